The van der Waals surface area contributed by atoms with E-state index >= 15 is 0 Å². The smallest absolute Gasteiger partial charge is 0.322 e. The second-order valence-corrected chi connectivity index (χ2v) is 10.2. The first kappa shape index (κ1) is 27.0. The Morgan fingerprint density at radius 1 is 1.08 bits per heavy atom. The van der Waals surface area contributed by atoms with Gasteiger partial charge in [-0.2, -0.15) is 0 Å². The molecular weight excluding hydrogens is 458 g/mol. The monoisotopic (exact) mass is 493 g/mol. The van der Waals surface area contributed by atoms with E-state index in [4.69, 9.17) is 14.3 Å². The van der Waals surface area contributed by atoms with Gasteiger partial charge in [-0.1, -0.05) is 39.8 Å². The van der Waals surface area contributed by atoms with Crippen LogP contribution in [0.1, 0.15) is 73.7 Å². The number of hydrogen-bond donors (Lipinski definition) is 2. The van der Waals surface area contributed by atoms with Crippen LogP contribution in [0.3, 0.4) is 0 Å². The Balaban J connectivity index is 1.64. The van der Waals surface area contributed by atoms with Crippen molar-refractivity contribution in [2.75, 3.05) is 13.2 Å². The third-order valence-electron chi connectivity index (χ3n) is 6.33. The largest absolute Gasteiger partial charge is 0.486 e. The fourth-order valence-electron chi connectivity index (χ4n) is 3.99. The topological polar surface area (TPSA) is 106 Å². The zero-order chi connectivity index (χ0) is 26.5. The van der Waals surface area contributed by atoms with Crippen molar-refractivity contribution in [2.45, 2.75) is 59.8 Å². The molecule has 3 rings (SSSR count). The van der Waals surface area contributed by atoms with Gasteiger partial charge in [-0.3, -0.25) is 14.4 Å². The molecule has 0 radical (unpaired) electrons. The van der Waals surface area contributed by atoms with E-state index in [2.05, 4.69) is 24.4 Å². The lowest BCUT2D eigenvalue weighted by Gasteiger charge is -2.19. The van der Waals surface area contributed by atoms with Crippen LogP contribution >= 0.6 is 0 Å². The number of ether oxygens (including phenoxy) is 1. The number of carboxylic acids is 1. The maximum absolute atomic E-state index is 12.2. The third kappa shape index (κ3) is 6.97. The minimum atomic E-state index is -1.09. The maximum Gasteiger partial charge on any atom is 0.322 e. The molecule has 2 N–H and O–H groups in total. The molecule has 3 aromatic rings. The van der Waals surface area contributed by atoms with Crippen LogP contribution in [0, 0.1) is 12.3 Å². The predicted molar refractivity (Wildman–Crippen MR) is 139 cm³/mol. The number of furan rings is 1. The number of rotatable bonds is 11. The summed E-state index contributed by atoms with van der Waals surface area (Å²) in [5.41, 5.74) is 2.88. The highest BCUT2D eigenvalue weighted by molar-refractivity contribution is 5.98. The summed E-state index contributed by atoms with van der Waals surface area (Å²) in [6.45, 7) is 9.47. The van der Waals surface area contributed by atoms with Crippen molar-refractivity contribution in [1.82, 2.24) is 5.32 Å². The zero-order valence-corrected chi connectivity index (χ0v) is 21.6. The Labute approximate surface area is 211 Å². The molecule has 0 spiro atoms. The molecule has 0 saturated heterocycles. The number of amides is 1. The summed E-state index contributed by atoms with van der Waals surface area (Å²) in [5, 5.41) is 11.9. The minimum Gasteiger partial charge on any atom is -0.486 e. The summed E-state index contributed by atoms with van der Waals surface area (Å²) in [7, 11) is 0. The Kier molecular flexibility index (Phi) is 8.56. The van der Waals surface area contributed by atoms with Crippen molar-refractivity contribution < 1.29 is 28.6 Å². The molecule has 0 aliphatic carbocycles. The van der Waals surface area contributed by atoms with E-state index in [0.717, 1.165) is 41.7 Å². The Hall–Kier alpha value is -3.61. The van der Waals surface area contributed by atoms with Gasteiger partial charge in [0.1, 0.15) is 30.2 Å². The SMILES string of the molecule is CCC(CCc1cc2cc(C(=O)NCC(=O)O)ccc2o1)c1ccc(OCC(=O)C(C)(C)C)c(C)c1. The lowest BCUT2D eigenvalue weighted by atomic mass is 9.90. The van der Waals surface area contributed by atoms with Gasteiger partial charge in [0, 0.05) is 22.8 Å². The molecular formula is C29H35NO6. The predicted octanol–water partition coefficient (Wildman–Crippen LogP) is 5.68. The number of carbonyl (C=O) groups is 3. The average molecular weight is 494 g/mol. The normalized spacial score (nSPS) is 12.4. The zero-order valence-electron chi connectivity index (χ0n) is 21.6. The number of nitrogens with one attached hydrogen (secondary N) is 1. The van der Waals surface area contributed by atoms with Crippen molar-refractivity contribution in [3.05, 3.63) is 64.9 Å². The summed E-state index contributed by atoms with van der Waals surface area (Å²) in [5.74, 6) is 0.443. The van der Waals surface area contributed by atoms with Crippen LogP contribution in [-0.4, -0.2) is 35.9 Å². The number of hydrogen-bond acceptors (Lipinski definition) is 5. The molecule has 1 atom stereocenters. The number of Topliss-reactive ketones (excluding diaryl/α,β-unsaturated/α-hetero) is 1. The third-order valence-corrected chi connectivity index (χ3v) is 6.33. The molecule has 192 valence electrons. The van der Waals surface area contributed by atoms with E-state index in [1.165, 1.54) is 5.56 Å². The second kappa shape index (κ2) is 11.4. The lowest BCUT2D eigenvalue weighted by molar-refractivity contribution is -0.135. The summed E-state index contributed by atoms with van der Waals surface area (Å²) in [6.07, 6.45) is 2.60. The Morgan fingerprint density at radius 2 is 1.83 bits per heavy atom. The van der Waals surface area contributed by atoms with E-state index in [-0.39, 0.29) is 12.4 Å². The summed E-state index contributed by atoms with van der Waals surface area (Å²) in [6, 6.07) is 13.2. The number of carbonyl (C=O) groups excluding carboxylic acids is 2. The van der Waals surface area contributed by atoms with E-state index in [1.54, 1.807) is 18.2 Å². The van der Waals surface area contributed by atoms with Crippen LogP contribution in [0.25, 0.3) is 11.0 Å². The van der Waals surface area contributed by atoms with Gasteiger partial charge < -0.3 is 19.6 Å². The van der Waals surface area contributed by atoms with Crippen molar-refractivity contribution >= 4 is 28.6 Å². The van der Waals surface area contributed by atoms with Crippen LogP contribution in [0.4, 0.5) is 0 Å². The average Bonchev–Trinajstić information content (AvgIpc) is 3.23. The Bertz CT molecular complexity index is 1250. The minimum absolute atomic E-state index is 0.0654. The fraction of sp³-hybridized carbons (Fsp3) is 0.414. The van der Waals surface area contributed by atoms with Crippen molar-refractivity contribution in [3.8, 4) is 5.75 Å². The van der Waals surface area contributed by atoms with Gasteiger partial charge in [0.05, 0.1) is 0 Å². The molecule has 0 aliphatic rings. The highest BCUT2D eigenvalue weighted by Gasteiger charge is 2.22. The van der Waals surface area contributed by atoms with Crippen molar-refractivity contribution in [2.24, 2.45) is 5.41 Å². The second-order valence-electron chi connectivity index (χ2n) is 10.2. The molecule has 1 unspecified atom stereocenters. The number of ketones is 1. The summed E-state index contributed by atoms with van der Waals surface area (Å²) < 4.78 is 11.8. The molecule has 0 aliphatic heterocycles. The van der Waals surface area contributed by atoms with Gasteiger partial charge in [0.2, 0.25) is 0 Å². The van der Waals surface area contributed by atoms with Crippen LogP contribution < -0.4 is 10.1 Å². The van der Waals surface area contributed by atoms with Crippen LogP contribution in [0.2, 0.25) is 0 Å². The number of aryl methyl sites for hydroxylation is 2. The van der Waals surface area contributed by atoms with E-state index in [9.17, 15) is 14.4 Å². The molecule has 0 fully saturated rings. The van der Waals surface area contributed by atoms with Crippen LogP contribution in [0.5, 0.6) is 5.75 Å². The quantitative estimate of drug-likeness (QED) is 0.356. The van der Waals surface area contributed by atoms with Gasteiger partial charge in [-0.15, -0.1) is 0 Å². The van der Waals surface area contributed by atoms with E-state index in [1.807, 2.05) is 39.8 Å². The fourth-order valence-corrected chi connectivity index (χ4v) is 3.99. The van der Waals surface area contributed by atoms with Gasteiger partial charge >= 0.3 is 5.97 Å². The molecule has 1 heterocycles. The van der Waals surface area contributed by atoms with Crippen LogP contribution in [-0.2, 0) is 16.0 Å². The molecule has 7 nitrogen and oxygen atoms in total. The molecule has 1 aromatic heterocycles. The summed E-state index contributed by atoms with van der Waals surface area (Å²) in [4.78, 5) is 35.0. The summed E-state index contributed by atoms with van der Waals surface area (Å²) >= 11 is 0. The van der Waals surface area contributed by atoms with E-state index in [0.29, 0.717) is 17.1 Å². The van der Waals surface area contributed by atoms with Crippen molar-refractivity contribution in [3.63, 3.8) is 0 Å². The Morgan fingerprint density at radius 3 is 2.47 bits per heavy atom. The molecule has 7 heteroatoms. The molecule has 36 heavy (non-hydrogen) atoms. The number of aliphatic carboxylic acids is 1. The molecule has 1 amide bonds. The number of carboxylic acid groups (broad SMARTS) is 1. The van der Waals surface area contributed by atoms with Gasteiger partial charge in [0.15, 0.2) is 5.78 Å². The molecule has 0 saturated carbocycles. The first-order chi connectivity index (χ1) is 17.0. The first-order valence-electron chi connectivity index (χ1n) is 12.3. The lowest BCUT2D eigenvalue weighted by Crippen LogP contribution is -2.29. The highest BCUT2D eigenvalue weighted by Crippen LogP contribution is 2.31. The maximum atomic E-state index is 12.2. The number of fused-ring (bicyclic) bond motifs is 1. The van der Waals surface area contributed by atoms with Crippen molar-refractivity contribution in [1.29, 1.82) is 0 Å². The standard InChI is InChI=1S/C29H35NO6/c1-6-19(20-8-11-24(18(2)13-20)35-17-26(31)29(3,4)5)7-10-23-15-22-14-21(9-12-25(22)36-23)28(34)30-16-27(32)33/h8-9,11-15,19H,6-7,10,16-17H2,1-5H3,(H,30,34)(H,32,33). The van der Waals surface area contributed by atoms with Gasteiger partial charge in [-0.25, -0.2) is 0 Å². The number of benzene rings is 2. The first-order valence-corrected chi connectivity index (χ1v) is 12.3. The molecule has 0 bridgehead atoms. The van der Waals surface area contributed by atoms with Gasteiger partial charge in [0.25, 0.3) is 5.91 Å². The highest BCUT2D eigenvalue weighted by atomic mass is 16.5. The van der Waals surface area contributed by atoms with Gasteiger partial charge in [-0.05, 0) is 67.1 Å². The molecule has 2 aromatic carbocycles. The van der Waals surface area contributed by atoms with Crippen LogP contribution in [0.15, 0.2) is 46.9 Å². The van der Waals surface area contributed by atoms with E-state index < -0.39 is 23.8 Å².